The maximum absolute atomic E-state index is 5.61. The van der Waals surface area contributed by atoms with E-state index in [1.165, 1.54) is 17.5 Å². The molecule has 2 aromatic carbocycles. The Labute approximate surface area is 127 Å². The number of ether oxygens (including phenoxy) is 1. The van der Waals surface area contributed by atoms with Crippen LogP contribution in [0.4, 0.5) is 5.69 Å². The van der Waals surface area contributed by atoms with Crippen molar-refractivity contribution in [3.05, 3.63) is 65.7 Å². The molecule has 0 heterocycles. The summed E-state index contributed by atoms with van der Waals surface area (Å²) in [5.74, 6) is 0. The fourth-order valence-corrected chi connectivity index (χ4v) is 1.96. The predicted octanol–water partition coefficient (Wildman–Crippen LogP) is 4.12. The first-order valence-corrected chi connectivity index (χ1v) is 7.58. The largest absolute Gasteiger partial charge is 0.377 e. The molecular weight excluding hydrogens is 260 g/mol. The van der Waals surface area contributed by atoms with Gasteiger partial charge in [0.15, 0.2) is 0 Å². The van der Waals surface area contributed by atoms with Crippen molar-refractivity contribution in [1.82, 2.24) is 5.43 Å². The van der Waals surface area contributed by atoms with Crippen molar-refractivity contribution in [3.63, 3.8) is 0 Å². The zero-order valence-corrected chi connectivity index (χ0v) is 12.6. The lowest BCUT2D eigenvalue weighted by Crippen LogP contribution is -2.20. The summed E-state index contributed by atoms with van der Waals surface area (Å²) < 4.78 is 5.61. The monoisotopic (exact) mass is 284 g/mol. The SMILES string of the molecule is CCCCOCc1ccc(CNNc2ccccc2)cc1. The first kappa shape index (κ1) is 15.5. The lowest BCUT2D eigenvalue weighted by Gasteiger charge is -2.09. The topological polar surface area (TPSA) is 33.3 Å². The number of rotatable bonds is 9. The normalized spacial score (nSPS) is 10.5. The molecule has 0 aliphatic rings. The summed E-state index contributed by atoms with van der Waals surface area (Å²) in [4.78, 5) is 0. The van der Waals surface area contributed by atoms with E-state index >= 15 is 0 Å². The molecule has 112 valence electrons. The van der Waals surface area contributed by atoms with E-state index in [1.54, 1.807) is 0 Å². The highest BCUT2D eigenvalue weighted by Gasteiger charge is 1.96. The van der Waals surface area contributed by atoms with Gasteiger partial charge in [0.2, 0.25) is 0 Å². The van der Waals surface area contributed by atoms with Crippen molar-refractivity contribution in [3.8, 4) is 0 Å². The minimum Gasteiger partial charge on any atom is -0.377 e. The van der Waals surface area contributed by atoms with Gasteiger partial charge in [-0.3, -0.25) is 0 Å². The van der Waals surface area contributed by atoms with E-state index in [9.17, 15) is 0 Å². The van der Waals surface area contributed by atoms with Crippen molar-refractivity contribution in [2.45, 2.75) is 32.9 Å². The van der Waals surface area contributed by atoms with E-state index in [1.807, 2.05) is 30.3 Å². The average Bonchev–Trinajstić information content (AvgIpc) is 2.54. The molecular formula is C18H24N2O. The van der Waals surface area contributed by atoms with Gasteiger partial charge in [-0.05, 0) is 29.7 Å². The van der Waals surface area contributed by atoms with Gasteiger partial charge in [0.05, 0.1) is 6.61 Å². The summed E-state index contributed by atoms with van der Waals surface area (Å²) in [6, 6.07) is 18.6. The zero-order chi connectivity index (χ0) is 14.8. The van der Waals surface area contributed by atoms with Gasteiger partial charge in [0, 0.05) is 18.8 Å². The highest BCUT2D eigenvalue weighted by Crippen LogP contribution is 2.07. The first-order valence-electron chi connectivity index (χ1n) is 7.58. The van der Waals surface area contributed by atoms with Gasteiger partial charge in [-0.25, -0.2) is 5.43 Å². The summed E-state index contributed by atoms with van der Waals surface area (Å²) in [7, 11) is 0. The summed E-state index contributed by atoms with van der Waals surface area (Å²) in [5, 5.41) is 0. The van der Waals surface area contributed by atoms with Crippen LogP contribution in [0.15, 0.2) is 54.6 Å². The van der Waals surface area contributed by atoms with Crippen molar-refractivity contribution < 1.29 is 4.74 Å². The number of hydrogen-bond acceptors (Lipinski definition) is 3. The van der Waals surface area contributed by atoms with Gasteiger partial charge in [-0.2, -0.15) is 0 Å². The van der Waals surface area contributed by atoms with Crippen molar-refractivity contribution in [1.29, 1.82) is 0 Å². The molecule has 0 radical (unpaired) electrons. The van der Waals surface area contributed by atoms with Crippen LogP contribution in [0, 0.1) is 0 Å². The molecule has 0 spiro atoms. The van der Waals surface area contributed by atoms with Crippen LogP contribution >= 0.6 is 0 Å². The number of anilines is 1. The minimum atomic E-state index is 0.704. The van der Waals surface area contributed by atoms with Gasteiger partial charge >= 0.3 is 0 Å². The standard InChI is InChI=1S/C18H24N2O/c1-2-3-13-21-15-17-11-9-16(10-12-17)14-19-20-18-7-5-4-6-8-18/h4-12,19-20H,2-3,13-15H2,1H3. The molecule has 0 fully saturated rings. The third-order valence-corrected chi connectivity index (χ3v) is 3.23. The molecule has 0 unspecified atom stereocenters. The maximum atomic E-state index is 5.61. The van der Waals surface area contributed by atoms with Crippen LogP contribution in [-0.2, 0) is 17.9 Å². The summed E-state index contributed by atoms with van der Waals surface area (Å²) in [5.41, 5.74) is 9.94. The second-order valence-electron chi connectivity index (χ2n) is 5.07. The summed E-state index contributed by atoms with van der Waals surface area (Å²) in [6.07, 6.45) is 2.31. The smallest absolute Gasteiger partial charge is 0.0716 e. The number of benzene rings is 2. The molecule has 0 bridgehead atoms. The zero-order valence-electron chi connectivity index (χ0n) is 12.6. The van der Waals surface area contributed by atoms with E-state index in [0.29, 0.717) is 6.61 Å². The maximum Gasteiger partial charge on any atom is 0.0716 e. The van der Waals surface area contributed by atoms with Crippen LogP contribution in [0.2, 0.25) is 0 Å². The molecule has 3 heteroatoms. The molecule has 0 aliphatic carbocycles. The molecule has 0 aliphatic heterocycles. The van der Waals surface area contributed by atoms with E-state index in [-0.39, 0.29) is 0 Å². The highest BCUT2D eigenvalue weighted by molar-refractivity contribution is 5.41. The van der Waals surface area contributed by atoms with E-state index < -0.39 is 0 Å². The molecule has 2 aromatic rings. The molecule has 0 amide bonds. The van der Waals surface area contributed by atoms with Crippen LogP contribution in [-0.4, -0.2) is 6.61 Å². The molecule has 2 rings (SSSR count). The quantitative estimate of drug-likeness (QED) is 0.537. The van der Waals surface area contributed by atoms with Crippen LogP contribution < -0.4 is 10.9 Å². The van der Waals surface area contributed by atoms with Crippen molar-refractivity contribution in [2.24, 2.45) is 0 Å². The van der Waals surface area contributed by atoms with Crippen LogP contribution in [0.5, 0.6) is 0 Å². The first-order chi connectivity index (χ1) is 10.4. The third kappa shape index (κ3) is 5.98. The Balaban J connectivity index is 1.69. The van der Waals surface area contributed by atoms with Crippen molar-refractivity contribution in [2.75, 3.05) is 12.0 Å². The third-order valence-electron chi connectivity index (χ3n) is 3.23. The Morgan fingerprint density at radius 2 is 1.62 bits per heavy atom. The second kappa shape index (κ2) is 9.16. The van der Waals surface area contributed by atoms with Crippen LogP contribution in [0.1, 0.15) is 30.9 Å². The van der Waals surface area contributed by atoms with Gasteiger partial charge in [-0.15, -0.1) is 0 Å². The molecule has 0 saturated carbocycles. The van der Waals surface area contributed by atoms with Gasteiger partial charge in [-0.1, -0.05) is 55.8 Å². The summed E-state index contributed by atoms with van der Waals surface area (Å²) >= 11 is 0. The molecule has 0 atom stereocenters. The number of hydrazine groups is 1. The van der Waals surface area contributed by atoms with E-state index in [0.717, 1.165) is 25.3 Å². The Morgan fingerprint density at radius 1 is 0.905 bits per heavy atom. The number of hydrogen-bond donors (Lipinski definition) is 2. The summed E-state index contributed by atoms with van der Waals surface area (Å²) in [6.45, 7) is 4.51. The van der Waals surface area contributed by atoms with Gasteiger partial charge in [0.1, 0.15) is 0 Å². The Kier molecular flexibility index (Phi) is 6.78. The Morgan fingerprint density at radius 3 is 2.33 bits per heavy atom. The lowest BCUT2D eigenvalue weighted by molar-refractivity contribution is 0.118. The molecule has 3 nitrogen and oxygen atoms in total. The van der Waals surface area contributed by atoms with Crippen molar-refractivity contribution >= 4 is 5.69 Å². The molecule has 2 N–H and O–H groups in total. The van der Waals surface area contributed by atoms with Gasteiger partial charge in [0.25, 0.3) is 0 Å². The number of nitrogens with one attached hydrogen (secondary N) is 2. The fraction of sp³-hybridized carbons (Fsp3) is 0.333. The molecule has 0 saturated heterocycles. The average molecular weight is 284 g/mol. The predicted molar refractivity (Wildman–Crippen MR) is 87.9 cm³/mol. The van der Waals surface area contributed by atoms with E-state index in [4.69, 9.17) is 4.74 Å². The van der Waals surface area contributed by atoms with Crippen LogP contribution in [0.3, 0.4) is 0 Å². The fourth-order valence-electron chi connectivity index (χ4n) is 1.96. The molecule has 21 heavy (non-hydrogen) atoms. The lowest BCUT2D eigenvalue weighted by atomic mass is 10.1. The molecule has 0 aromatic heterocycles. The van der Waals surface area contributed by atoms with E-state index in [2.05, 4.69) is 42.0 Å². The van der Waals surface area contributed by atoms with Crippen LogP contribution in [0.25, 0.3) is 0 Å². The highest BCUT2D eigenvalue weighted by atomic mass is 16.5. The van der Waals surface area contributed by atoms with Gasteiger partial charge < -0.3 is 10.2 Å². The minimum absolute atomic E-state index is 0.704. The Hall–Kier alpha value is -1.84. The number of unbranched alkanes of at least 4 members (excludes halogenated alkanes) is 1. The number of para-hydroxylation sites is 1. The Bertz CT molecular complexity index is 496. The second-order valence-corrected chi connectivity index (χ2v) is 5.07.